The van der Waals surface area contributed by atoms with Gasteiger partial charge < -0.3 is 9.73 Å². The Bertz CT molecular complexity index is 971. The molecule has 0 saturated carbocycles. The molecule has 0 aliphatic heterocycles. The fourth-order valence-corrected chi connectivity index (χ4v) is 2.50. The van der Waals surface area contributed by atoms with Gasteiger partial charge in [0.1, 0.15) is 11.5 Å². The van der Waals surface area contributed by atoms with Crippen LogP contribution in [0.25, 0.3) is 11.3 Å². The predicted octanol–water partition coefficient (Wildman–Crippen LogP) is 4.36. The first-order chi connectivity index (χ1) is 13.4. The molecule has 2 aromatic heterocycles. The van der Waals surface area contributed by atoms with E-state index in [1.54, 1.807) is 6.20 Å². The number of hydrogen-bond donors (Lipinski definition) is 2. The Labute approximate surface area is 164 Å². The summed E-state index contributed by atoms with van der Waals surface area (Å²) < 4.78 is 44.8. The third kappa shape index (κ3) is 5.17. The van der Waals surface area contributed by atoms with Crippen LogP contribution in [0.2, 0.25) is 0 Å². The maximum Gasteiger partial charge on any atom is 0.417 e. The van der Waals surface area contributed by atoms with E-state index in [1.807, 2.05) is 18.2 Å². The lowest BCUT2D eigenvalue weighted by molar-refractivity contribution is -0.137. The molecule has 0 atom stereocenters. The number of hydrazone groups is 1. The summed E-state index contributed by atoms with van der Waals surface area (Å²) in [7, 11) is 0. The van der Waals surface area contributed by atoms with E-state index in [1.165, 1.54) is 36.5 Å². The summed E-state index contributed by atoms with van der Waals surface area (Å²) in [5, 5.41) is 7.12. The Morgan fingerprint density at radius 3 is 2.64 bits per heavy atom. The van der Waals surface area contributed by atoms with Gasteiger partial charge in [0.15, 0.2) is 5.11 Å². The highest BCUT2D eigenvalue weighted by Gasteiger charge is 2.34. The van der Waals surface area contributed by atoms with Gasteiger partial charge in [0, 0.05) is 11.8 Å². The Hall–Kier alpha value is -3.20. The second-order valence-corrected chi connectivity index (χ2v) is 6.03. The molecule has 28 heavy (non-hydrogen) atoms. The molecule has 0 saturated heterocycles. The molecule has 0 amide bonds. The van der Waals surface area contributed by atoms with Crippen LogP contribution in [0.4, 0.5) is 13.2 Å². The number of halogens is 3. The summed E-state index contributed by atoms with van der Waals surface area (Å²) in [6.07, 6.45) is -1.46. The molecule has 5 nitrogen and oxygen atoms in total. The summed E-state index contributed by atoms with van der Waals surface area (Å²) >= 11 is 5.09. The highest BCUT2D eigenvalue weighted by Crippen LogP contribution is 2.37. The normalized spacial score (nSPS) is 11.5. The quantitative estimate of drug-likeness (QED) is 0.376. The van der Waals surface area contributed by atoms with Gasteiger partial charge in [-0.15, -0.1) is 0 Å². The molecular formula is C19H15F3N4OS. The maximum atomic E-state index is 13.1. The van der Waals surface area contributed by atoms with E-state index in [9.17, 15) is 13.2 Å². The van der Waals surface area contributed by atoms with Crippen LogP contribution in [0.15, 0.2) is 70.3 Å². The smallest absolute Gasteiger partial charge is 0.417 e. The van der Waals surface area contributed by atoms with Gasteiger partial charge >= 0.3 is 6.18 Å². The summed E-state index contributed by atoms with van der Waals surface area (Å²) in [6, 6.07) is 13.7. The molecule has 0 aliphatic carbocycles. The molecule has 144 valence electrons. The fourth-order valence-electron chi connectivity index (χ4n) is 2.38. The van der Waals surface area contributed by atoms with Crippen LogP contribution in [0.3, 0.4) is 0 Å². The molecule has 0 spiro atoms. The number of pyridine rings is 1. The molecule has 2 N–H and O–H groups in total. The summed E-state index contributed by atoms with van der Waals surface area (Å²) in [5.74, 6) is 0.386. The van der Waals surface area contributed by atoms with E-state index in [-0.39, 0.29) is 22.2 Å². The first-order valence-electron chi connectivity index (χ1n) is 8.17. The fraction of sp³-hybridized carbons (Fsp3) is 0.105. The zero-order valence-corrected chi connectivity index (χ0v) is 15.2. The van der Waals surface area contributed by atoms with Crippen molar-refractivity contribution in [3.63, 3.8) is 0 Å². The Morgan fingerprint density at radius 2 is 1.89 bits per heavy atom. The molecule has 1 aromatic carbocycles. The second-order valence-electron chi connectivity index (χ2n) is 5.62. The zero-order chi connectivity index (χ0) is 20.0. The van der Waals surface area contributed by atoms with E-state index < -0.39 is 11.7 Å². The van der Waals surface area contributed by atoms with Crippen LogP contribution in [0.1, 0.15) is 17.0 Å². The zero-order valence-electron chi connectivity index (χ0n) is 14.4. The van der Waals surface area contributed by atoms with Gasteiger partial charge in [-0.25, -0.2) is 0 Å². The molecule has 0 fully saturated rings. The third-order valence-corrected chi connectivity index (χ3v) is 3.87. The van der Waals surface area contributed by atoms with Crippen molar-refractivity contribution in [1.82, 2.24) is 15.7 Å². The largest absolute Gasteiger partial charge is 0.455 e. The molecule has 0 unspecified atom stereocenters. The Kier molecular flexibility index (Phi) is 6.05. The van der Waals surface area contributed by atoms with Crippen molar-refractivity contribution < 1.29 is 17.6 Å². The van der Waals surface area contributed by atoms with Crippen LogP contribution in [0.5, 0.6) is 0 Å². The second kappa shape index (κ2) is 8.66. The molecule has 2 heterocycles. The van der Waals surface area contributed by atoms with Gasteiger partial charge in [-0.3, -0.25) is 10.4 Å². The number of alkyl halides is 3. The van der Waals surface area contributed by atoms with E-state index in [0.29, 0.717) is 6.54 Å². The minimum atomic E-state index is -4.47. The molecule has 0 radical (unpaired) electrons. The third-order valence-electron chi connectivity index (χ3n) is 3.64. The van der Waals surface area contributed by atoms with Crippen LogP contribution < -0.4 is 10.7 Å². The minimum Gasteiger partial charge on any atom is -0.455 e. The van der Waals surface area contributed by atoms with Crippen molar-refractivity contribution in [3.8, 4) is 11.3 Å². The highest BCUT2D eigenvalue weighted by molar-refractivity contribution is 7.80. The van der Waals surface area contributed by atoms with Crippen molar-refractivity contribution in [2.45, 2.75) is 12.7 Å². The number of rotatable bonds is 5. The van der Waals surface area contributed by atoms with Gasteiger partial charge in [-0.1, -0.05) is 24.3 Å². The van der Waals surface area contributed by atoms with Crippen molar-refractivity contribution >= 4 is 23.5 Å². The number of benzene rings is 1. The molecule has 0 bridgehead atoms. The average Bonchev–Trinajstić information content (AvgIpc) is 3.15. The molecular weight excluding hydrogens is 389 g/mol. The van der Waals surface area contributed by atoms with Crippen LogP contribution in [-0.2, 0) is 12.7 Å². The molecule has 3 aromatic rings. The lowest BCUT2D eigenvalue weighted by Crippen LogP contribution is -2.31. The topological polar surface area (TPSA) is 62.5 Å². The SMILES string of the molecule is FC(F)(F)c1ccccc1-c1ccc(C=NNC(=S)NCc2ccccn2)o1. The standard InChI is InChI=1S/C19H15F3N4OS/c20-19(21,22)16-7-2-1-6-15(16)17-9-8-14(27-17)12-25-26-18(28)24-11-13-5-3-4-10-23-13/h1-10,12H,11H2,(H2,24,26,28). The predicted molar refractivity (Wildman–Crippen MR) is 104 cm³/mol. The van der Waals surface area contributed by atoms with Crippen molar-refractivity contribution in [3.05, 3.63) is 77.8 Å². The van der Waals surface area contributed by atoms with E-state index >= 15 is 0 Å². The Balaban J connectivity index is 1.60. The molecule has 3 rings (SSSR count). The summed E-state index contributed by atoms with van der Waals surface area (Å²) in [5.41, 5.74) is 2.63. The lowest BCUT2D eigenvalue weighted by Gasteiger charge is -2.10. The minimum absolute atomic E-state index is 0.0323. The number of nitrogens with one attached hydrogen (secondary N) is 2. The average molecular weight is 404 g/mol. The molecule has 9 heteroatoms. The van der Waals surface area contributed by atoms with E-state index in [2.05, 4.69) is 20.8 Å². The van der Waals surface area contributed by atoms with E-state index in [0.717, 1.165) is 11.8 Å². The van der Waals surface area contributed by atoms with Crippen molar-refractivity contribution in [1.29, 1.82) is 0 Å². The van der Waals surface area contributed by atoms with Crippen molar-refractivity contribution in [2.24, 2.45) is 5.10 Å². The van der Waals surface area contributed by atoms with Gasteiger partial charge in [0.05, 0.1) is 24.0 Å². The van der Waals surface area contributed by atoms with Crippen LogP contribution >= 0.6 is 12.2 Å². The monoisotopic (exact) mass is 404 g/mol. The van der Waals surface area contributed by atoms with Crippen LogP contribution in [-0.4, -0.2) is 16.3 Å². The first-order valence-corrected chi connectivity index (χ1v) is 8.57. The first kappa shape index (κ1) is 19.6. The Morgan fingerprint density at radius 1 is 1.11 bits per heavy atom. The van der Waals surface area contributed by atoms with Gasteiger partial charge in [0.25, 0.3) is 0 Å². The summed E-state index contributed by atoms with van der Waals surface area (Å²) in [6.45, 7) is 0.432. The van der Waals surface area contributed by atoms with E-state index in [4.69, 9.17) is 16.6 Å². The number of thiocarbonyl (C=S) groups is 1. The van der Waals surface area contributed by atoms with Gasteiger partial charge in [-0.2, -0.15) is 18.3 Å². The number of nitrogens with zero attached hydrogens (tertiary/aromatic N) is 2. The number of hydrogen-bond acceptors (Lipinski definition) is 4. The summed E-state index contributed by atoms with van der Waals surface area (Å²) in [4.78, 5) is 4.15. The number of furan rings is 1. The van der Waals surface area contributed by atoms with Crippen molar-refractivity contribution in [2.75, 3.05) is 0 Å². The maximum absolute atomic E-state index is 13.1. The van der Waals surface area contributed by atoms with Gasteiger partial charge in [0.2, 0.25) is 0 Å². The highest BCUT2D eigenvalue weighted by atomic mass is 32.1. The van der Waals surface area contributed by atoms with Gasteiger partial charge in [-0.05, 0) is 42.5 Å². The number of aromatic nitrogens is 1. The lowest BCUT2D eigenvalue weighted by atomic mass is 10.1. The van der Waals surface area contributed by atoms with Crippen LogP contribution in [0, 0.1) is 0 Å². The molecule has 0 aliphatic rings.